The lowest BCUT2D eigenvalue weighted by Crippen LogP contribution is -2.38. The van der Waals surface area contributed by atoms with E-state index in [2.05, 4.69) is 46.9 Å². The van der Waals surface area contributed by atoms with Crippen molar-refractivity contribution in [3.8, 4) is 5.75 Å². The highest BCUT2D eigenvalue weighted by atomic mass is 79.9. The van der Waals surface area contributed by atoms with Gasteiger partial charge in [-0.15, -0.1) is 0 Å². The fourth-order valence-corrected chi connectivity index (χ4v) is 2.71. The smallest absolute Gasteiger partial charge is 0.287 e. The van der Waals surface area contributed by atoms with Gasteiger partial charge in [0.2, 0.25) is 0 Å². The molecule has 6 heteroatoms. The molecule has 0 spiro atoms. The number of furan rings is 1. The zero-order chi connectivity index (χ0) is 18.2. The number of hydrogen-bond donors (Lipinski definition) is 1. The Bertz CT molecular complexity index is 668. The minimum Gasteiger partial charge on any atom is -0.486 e. The number of amides is 1. The maximum Gasteiger partial charge on any atom is 0.287 e. The van der Waals surface area contributed by atoms with Crippen LogP contribution in [0.25, 0.3) is 0 Å². The largest absolute Gasteiger partial charge is 0.486 e. The lowest BCUT2D eigenvalue weighted by molar-refractivity contribution is 0.0914. The van der Waals surface area contributed by atoms with E-state index in [1.165, 1.54) is 0 Å². The van der Waals surface area contributed by atoms with Crippen LogP contribution in [0, 0.1) is 0 Å². The quantitative estimate of drug-likeness (QED) is 0.678. The van der Waals surface area contributed by atoms with Gasteiger partial charge in [0.25, 0.3) is 5.91 Å². The molecule has 136 valence electrons. The average Bonchev–Trinajstić information content (AvgIpc) is 3.07. The first kappa shape index (κ1) is 19.5. The third-order valence-electron chi connectivity index (χ3n) is 3.90. The maximum absolute atomic E-state index is 12.1. The van der Waals surface area contributed by atoms with Crippen molar-refractivity contribution in [3.05, 3.63) is 52.4 Å². The summed E-state index contributed by atoms with van der Waals surface area (Å²) >= 11 is 3.38. The van der Waals surface area contributed by atoms with Crippen LogP contribution >= 0.6 is 15.9 Å². The number of halogens is 1. The van der Waals surface area contributed by atoms with Crippen molar-refractivity contribution >= 4 is 21.8 Å². The molecule has 0 unspecified atom stereocenters. The predicted octanol–water partition coefficient (Wildman–Crippen LogP) is 4.08. The van der Waals surface area contributed by atoms with Gasteiger partial charge in [0, 0.05) is 23.6 Å². The van der Waals surface area contributed by atoms with Crippen LogP contribution in [0.3, 0.4) is 0 Å². The highest BCUT2D eigenvalue weighted by Gasteiger charge is 2.12. The Balaban J connectivity index is 1.79. The van der Waals surface area contributed by atoms with Crippen LogP contribution in [0.1, 0.15) is 37.1 Å². The Labute approximate surface area is 157 Å². The monoisotopic (exact) mass is 408 g/mol. The van der Waals surface area contributed by atoms with Crippen LogP contribution in [0.2, 0.25) is 0 Å². The third kappa shape index (κ3) is 6.21. The molecule has 0 bridgehead atoms. The minimum atomic E-state index is -0.199. The zero-order valence-corrected chi connectivity index (χ0v) is 16.5. The highest BCUT2D eigenvalue weighted by molar-refractivity contribution is 9.10. The number of carbonyl (C=O) groups excluding carboxylic acids is 1. The Kier molecular flexibility index (Phi) is 7.52. The molecule has 0 fully saturated rings. The Morgan fingerprint density at radius 2 is 1.96 bits per heavy atom. The standard InChI is InChI=1S/C19H25BrN2O3/c1-4-22(14(2)3)12-11-21-19(23)18-10-9-17(25-18)13-24-16-7-5-15(20)6-8-16/h5-10,14H,4,11-13H2,1-3H3,(H,21,23). The van der Waals surface area contributed by atoms with E-state index < -0.39 is 0 Å². The summed E-state index contributed by atoms with van der Waals surface area (Å²) in [4.78, 5) is 14.4. The van der Waals surface area contributed by atoms with Gasteiger partial charge in [-0.1, -0.05) is 22.9 Å². The molecule has 1 aromatic carbocycles. The van der Waals surface area contributed by atoms with Gasteiger partial charge in [-0.3, -0.25) is 9.69 Å². The SMILES string of the molecule is CCN(CCNC(=O)c1ccc(COc2ccc(Br)cc2)o1)C(C)C. The van der Waals surface area contributed by atoms with Gasteiger partial charge in [-0.2, -0.15) is 0 Å². The fraction of sp³-hybridized carbons (Fsp3) is 0.421. The molecule has 1 amide bonds. The first-order chi connectivity index (χ1) is 12.0. The Morgan fingerprint density at radius 3 is 2.60 bits per heavy atom. The fourth-order valence-electron chi connectivity index (χ4n) is 2.44. The van der Waals surface area contributed by atoms with E-state index in [-0.39, 0.29) is 12.5 Å². The van der Waals surface area contributed by atoms with E-state index in [0.29, 0.717) is 24.1 Å². The zero-order valence-electron chi connectivity index (χ0n) is 14.9. The second kappa shape index (κ2) is 9.63. The van der Waals surface area contributed by atoms with Crippen molar-refractivity contribution in [3.63, 3.8) is 0 Å². The minimum absolute atomic E-state index is 0.199. The summed E-state index contributed by atoms with van der Waals surface area (Å²) < 4.78 is 12.2. The second-order valence-corrected chi connectivity index (χ2v) is 6.90. The molecule has 2 aromatic rings. The summed E-state index contributed by atoms with van der Waals surface area (Å²) in [7, 11) is 0. The van der Waals surface area contributed by atoms with Gasteiger partial charge < -0.3 is 14.5 Å². The van der Waals surface area contributed by atoms with E-state index in [1.807, 2.05) is 24.3 Å². The van der Waals surface area contributed by atoms with Crippen molar-refractivity contribution < 1.29 is 13.9 Å². The Hall–Kier alpha value is -1.79. The van der Waals surface area contributed by atoms with Crippen molar-refractivity contribution in [1.82, 2.24) is 10.2 Å². The summed E-state index contributed by atoms with van der Waals surface area (Å²) in [6.07, 6.45) is 0. The average molecular weight is 409 g/mol. The van der Waals surface area contributed by atoms with Crippen molar-refractivity contribution in [2.45, 2.75) is 33.4 Å². The molecule has 25 heavy (non-hydrogen) atoms. The molecule has 0 aliphatic carbocycles. The van der Waals surface area contributed by atoms with Gasteiger partial charge >= 0.3 is 0 Å². The lowest BCUT2D eigenvalue weighted by Gasteiger charge is -2.24. The van der Waals surface area contributed by atoms with Crippen LogP contribution in [-0.2, 0) is 6.61 Å². The number of ether oxygens (including phenoxy) is 1. The van der Waals surface area contributed by atoms with Gasteiger partial charge in [0.15, 0.2) is 5.76 Å². The molecular formula is C19H25BrN2O3. The van der Waals surface area contributed by atoms with E-state index in [0.717, 1.165) is 23.3 Å². The summed E-state index contributed by atoms with van der Waals surface area (Å²) in [5.74, 6) is 1.47. The second-order valence-electron chi connectivity index (χ2n) is 5.99. The topological polar surface area (TPSA) is 54.7 Å². The first-order valence-corrected chi connectivity index (χ1v) is 9.28. The van der Waals surface area contributed by atoms with Crippen molar-refractivity contribution in [1.29, 1.82) is 0 Å². The molecule has 1 heterocycles. The molecule has 1 N–H and O–H groups in total. The number of nitrogens with one attached hydrogen (secondary N) is 1. The Morgan fingerprint density at radius 1 is 1.24 bits per heavy atom. The van der Waals surface area contributed by atoms with E-state index in [9.17, 15) is 4.79 Å². The van der Waals surface area contributed by atoms with E-state index in [4.69, 9.17) is 9.15 Å². The number of benzene rings is 1. The van der Waals surface area contributed by atoms with Crippen LogP contribution < -0.4 is 10.1 Å². The molecule has 0 aliphatic heterocycles. The van der Waals surface area contributed by atoms with Crippen molar-refractivity contribution in [2.24, 2.45) is 0 Å². The van der Waals surface area contributed by atoms with Gasteiger partial charge in [0.1, 0.15) is 18.1 Å². The van der Waals surface area contributed by atoms with E-state index in [1.54, 1.807) is 12.1 Å². The number of rotatable bonds is 9. The van der Waals surface area contributed by atoms with Crippen LogP contribution in [-0.4, -0.2) is 36.5 Å². The van der Waals surface area contributed by atoms with Gasteiger partial charge in [-0.25, -0.2) is 0 Å². The summed E-state index contributed by atoms with van der Waals surface area (Å²) in [6, 6.07) is 11.5. The third-order valence-corrected chi connectivity index (χ3v) is 4.43. The number of likely N-dealkylation sites (N-methyl/N-ethyl adjacent to an activating group) is 1. The summed E-state index contributed by atoms with van der Waals surface area (Å²) in [5, 5.41) is 2.89. The number of carbonyl (C=O) groups is 1. The maximum atomic E-state index is 12.1. The van der Waals surface area contributed by atoms with E-state index >= 15 is 0 Å². The van der Waals surface area contributed by atoms with Crippen LogP contribution in [0.4, 0.5) is 0 Å². The molecule has 0 aliphatic rings. The normalized spacial score (nSPS) is 11.1. The number of nitrogens with zero attached hydrogens (tertiary/aromatic N) is 1. The molecule has 5 nitrogen and oxygen atoms in total. The number of hydrogen-bond acceptors (Lipinski definition) is 4. The molecule has 0 saturated carbocycles. The molecule has 1 aromatic heterocycles. The van der Waals surface area contributed by atoms with Gasteiger partial charge in [0.05, 0.1) is 0 Å². The predicted molar refractivity (Wildman–Crippen MR) is 102 cm³/mol. The van der Waals surface area contributed by atoms with Crippen LogP contribution in [0.5, 0.6) is 5.75 Å². The molecule has 0 atom stereocenters. The summed E-state index contributed by atoms with van der Waals surface area (Å²) in [5.41, 5.74) is 0. The van der Waals surface area contributed by atoms with Crippen molar-refractivity contribution in [2.75, 3.05) is 19.6 Å². The van der Waals surface area contributed by atoms with Gasteiger partial charge in [-0.05, 0) is 56.8 Å². The first-order valence-electron chi connectivity index (χ1n) is 8.49. The van der Waals surface area contributed by atoms with Crippen LogP contribution in [0.15, 0.2) is 45.3 Å². The molecule has 2 rings (SSSR count). The molecule has 0 radical (unpaired) electrons. The molecular weight excluding hydrogens is 384 g/mol. The highest BCUT2D eigenvalue weighted by Crippen LogP contribution is 2.18. The lowest BCUT2D eigenvalue weighted by atomic mass is 10.3. The molecule has 0 saturated heterocycles. The summed E-state index contributed by atoms with van der Waals surface area (Å²) in [6.45, 7) is 9.07.